The Hall–Kier alpha value is -4.48. The van der Waals surface area contributed by atoms with Gasteiger partial charge in [0.05, 0.1) is 17.3 Å². The van der Waals surface area contributed by atoms with Crippen LogP contribution in [0.2, 0.25) is 0 Å². The first-order chi connectivity index (χ1) is 17.0. The van der Waals surface area contributed by atoms with Crippen LogP contribution in [0.5, 0.6) is 0 Å². The van der Waals surface area contributed by atoms with Crippen molar-refractivity contribution in [1.82, 2.24) is 20.3 Å². The summed E-state index contributed by atoms with van der Waals surface area (Å²) in [7, 11) is 0. The molecule has 0 unspecified atom stereocenters. The summed E-state index contributed by atoms with van der Waals surface area (Å²) in [6.45, 7) is 0.488. The number of nitrogens with two attached hydrogens (primary N) is 1. The van der Waals surface area contributed by atoms with E-state index in [4.69, 9.17) is 10.7 Å². The maximum atomic E-state index is 13.8. The third-order valence-electron chi connectivity index (χ3n) is 5.65. The molecule has 1 aliphatic rings. The summed E-state index contributed by atoms with van der Waals surface area (Å²) in [5.74, 6) is 4.47. The Balaban J connectivity index is 1.56. The molecule has 0 aliphatic carbocycles. The van der Waals surface area contributed by atoms with Crippen molar-refractivity contribution in [2.45, 2.75) is 19.0 Å². The van der Waals surface area contributed by atoms with E-state index in [-0.39, 0.29) is 12.3 Å². The van der Waals surface area contributed by atoms with Crippen LogP contribution < -0.4 is 11.1 Å². The second-order valence-corrected chi connectivity index (χ2v) is 8.15. The Labute approximate surface area is 200 Å². The van der Waals surface area contributed by atoms with E-state index in [9.17, 15) is 13.6 Å². The highest BCUT2D eigenvalue weighted by Gasteiger charge is 2.22. The van der Waals surface area contributed by atoms with Gasteiger partial charge in [0.15, 0.2) is 0 Å². The molecular formula is C27H19F2N5O. The maximum Gasteiger partial charge on any atom is 0.251 e. The van der Waals surface area contributed by atoms with Gasteiger partial charge in [-0.05, 0) is 59.4 Å². The van der Waals surface area contributed by atoms with E-state index >= 15 is 0 Å². The largest absolute Gasteiger partial charge is 0.348 e. The van der Waals surface area contributed by atoms with Crippen molar-refractivity contribution in [1.29, 1.82) is 0 Å². The number of rotatable bonds is 4. The molecule has 6 nitrogen and oxygen atoms in total. The smallest absolute Gasteiger partial charge is 0.251 e. The van der Waals surface area contributed by atoms with Gasteiger partial charge in [-0.3, -0.25) is 4.79 Å². The first kappa shape index (κ1) is 22.3. The molecule has 4 aromatic rings. The second-order valence-electron chi connectivity index (χ2n) is 8.15. The Kier molecular flexibility index (Phi) is 6.00. The minimum absolute atomic E-state index is 0.136. The number of halogens is 2. The molecule has 3 heterocycles. The summed E-state index contributed by atoms with van der Waals surface area (Å²) < 4.78 is 27.5. The maximum absolute atomic E-state index is 13.8. The summed E-state index contributed by atoms with van der Waals surface area (Å²) in [6, 6.07) is 11.8. The minimum atomic E-state index is -0.685. The third-order valence-corrected chi connectivity index (χ3v) is 5.65. The zero-order chi connectivity index (χ0) is 24.4. The number of amides is 1. The molecule has 1 aliphatic heterocycles. The zero-order valence-electron chi connectivity index (χ0n) is 18.4. The van der Waals surface area contributed by atoms with Gasteiger partial charge < -0.3 is 11.1 Å². The molecule has 1 atom stereocenters. The first-order valence-corrected chi connectivity index (χ1v) is 10.9. The van der Waals surface area contributed by atoms with Crippen molar-refractivity contribution in [3.05, 3.63) is 113 Å². The summed E-state index contributed by atoms with van der Waals surface area (Å²) in [6.07, 6.45) is 4.76. The van der Waals surface area contributed by atoms with Gasteiger partial charge in [0.25, 0.3) is 5.91 Å². The van der Waals surface area contributed by atoms with Crippen molar-refractivity contribution in [2.75, 3.05) is 0 Å². The minimum Gasteiger partial charge on any atom is -0.348 e. The number of hydrogen-bond acceptors (Lipinski definition) is 5. The van der Waals surface area contributed by atoms with Crippen LogP contribution >= 0.6 is 0 Å². The average molecular weight is 467 g/mol. The molecule has 0 bridgehead atoms. The molecule has 3 N–H and O–H groups in total. The van der Waals surface area contributed by atoms with Gasteiger partial charge in [0.1, 0.15) is 23.7 Å². The third kappa shape index (κ3) is 4.90. The van der Waals surface area contributed by atoms with Gasteiger partial charge in [0, 0.05) is 36.1 Å². The number of benzene rings is 2. The van der Waals surface area contributed by atoms with Crippen LogP contribution in [0.25, 0.3) is 11.1 Å². The molecule has 0 saturated heterocycles. The highest BCUT2D eigenvalue weighted by Crippen LogP contribution is 2.31. The van der Waals surface area contributed by atoms with Gasteiger partial charge in [-0.25, -0.2) is 23.7 Å². The van der Waals surface area contributed by atoms with Crippen molar-refractivity contribution >= 4 is 5.91 Å². The molecule has 0 saturated carbocycles. The van der Waals surface area contributed by atoms with E-state index in [0.29, 0.717) is 40.2 Å². The van der Waals surface area contributed by atoms with Crippen molar-refractivity contribution in [3.8, 4) is 23.0 Å². The first-order valence-electron chi connectivity index (χ1n) is 10.9. The predicted octanol–water partition coefficient (Wildman–Crippen LogP) is 3.70. The van der Waals surface area contributed by atoms with Crippen LogP contribution in [0.15, 0.2) is 67.3 Å². The fourth-order valence-electron chi connectivity index (χ4n) is 4.03. The standard InChI is InChI=1S/C27H19F2N5O/c28-20-7-17(8-21(29)11-20)9-25(30)26-23(18-2-3-19-14-33-27(35)24(19)10-18)6-5-22(34-26)4-1-16-12-31-15-32-13-16/h2-3,5-8,10-13,15,25H,9,14,30H2,(H,33,35)/t25-/m0/s1. The van der Waals surface area contributed by atoms with E-state index in [1.807, 2.05) is 18.2 Å². The quantitative estimate of drug-likeness (QED) is 0.447. The van der Waals surface area contributed by atoms with Crippen molar-refractivity contribution < 1.29 is 13.6 Å². The van der Waals surface area contributed by atoms with E-state index in [2.05, 4.69) is 27.1 Å². The normalized spacial score (nSPS) is 12.9. The summed E-state index contributed by atoms with van der Waals surface area (Å²) in [5.41, 5.74) is 11.5. The fourth-order valence-corrected chi connectivity index (χ4v) is 4.03. The molecular weight excluding hydrogens is 448 g/mol. The Morgan fingerprint density at radius 1 is 0.971 bits per heavy atom. The molecule has 2 aromatic carbocycles. The van der Waals surface area contributed by atoms with Crippen LogP contribution in [0.4, 0.5) is 8.78 Å². The lowest BCUT2D eigenvalue weighted by atomic mass is 9.94. The molecule has 35 heavy (non-hydrogen) atoms. The SMILES string of the molecule is N[C@@H](Cc1cc(F)cc(F)c1)c1nc(C#Cc2cncnc2)ccc1-c1ccc2c(c1)C(=O)NC2. The molecule has 2 aromatic heterocycles. The molecule has 0 radical (unpaired) electrons. The van der Waals surface area contributed by atoms with Crippen molar-refractivity contribution in [3.63, 3.8) is 0 Å². The number of aromatic nitrogens is 3. The zero-order valence-corrected chi connectivity index (χ0v) is 18.4. The Bertz CT molecular complexity index is 1470. The number of fused-ring (bicyclic) bond motifs is 1. The van der Waals surface area contributed by atoms with Crippen LogP contribution in [0, 0.1) is 23.5 Å². The molecule has 1 amide bonds. The summed E-state index contributed by atoms with van der Waals surface area (Å²) in [5, 5.41) is 2.81. The molecule has 172 valence electrons. The van der Waals surface area contributed by atoms with Crippen LogP contribution in [-0.4, -0.2) is 20.9 Å². The number of carbonyl (C=O) groups is 1. The van der Waals surface area contributed by atoms with Gasteiger partial charge in [-0.2, -0.15) is 0 Å². The van der Waals surface area contributed by atoms with E-state index in [1.165, 1.54) is 18.5 Å². The summed E-state index contributed by atoms with van der Waals surface area (Å²) >= 11 is 0. The Morgan fingerprint density at radius 2 is 1.74 bits per heavy atom. The lowest BCUT2D eigenvalue weighted by Crippen LogP contribution is -2.17. The lowest BCUT2D eigenvalue weighted by molar-refractivity contribution is 0.0966. The van der Waals surface area contributed by atoms with E-state index < -0.39 is 17.7 Å². The van der Waals surface area contributed by atoms with Gasteiger partial charge in [0.2, 0.25) is 0 Å². The van der Waals surface area contributed by atoms with Gasteiger partial charge in [-0.1, -0.05) is 18.1 Å². The highest BCUT2D eigenvalue weighted by atomic mass is 19.1. The number of pyridine rings is 1. The number of nitrogens with zero attached hydrogens (tertiary/aromatic N) is 3. The number of hydrogen-bond donors (Lipinski definition) is 2. The second kappa shape index (κ2) is 9.41. The monoisotopic (exact) mass is 467 g/mol. The van der Waals surface area contributed by atoms with Crippen LogP contribution in [0.1, 0.15) is 44.5 Å². The Morgan fingerprint density at radius 3 is 2.51 bits per heavy atom. The molecule has 8 heteroatoms. The van der Waals surface area contributed by atoms with Gasteiger partial charge >= 0.3 is 0 Å². The predicted molar refractivity (Wildman–Crippen MR) is 126 cm³/mol. The van der Waals surface area contributed by atoms with Crippen LogP contribution in [0.3, 0.4) is 0 Å². The molecule has 0 spiro atoms. The lowest BCUT2D eigenvalue weighted by Gasteiger charge is -2.17. The number of carbonyl (C=O) groups excluding carboxylic acids is 1. The van der Waals surface area contributed by atoms with Crippen LogP contribution in [-0.2, 0) is 13.0 Å². The average Bonchev–Trinajstić information content (AvgIpc) is 3.22. The van der Waals surface area contributed by atoms with E-state index in [1.54, 1.807) is 24.5 Å². The van der Waals surface area contributed by atoms with Gasteiger partial charge in [-0.15, -0.1) is 0 Å². The van der Waals surface area contributed by atoms with E-state index in [0.717, 1.165) is 17.2 Å². The van der Waals surface area contributed by atoms with Crippen molar-refractivity contribution in [2.24, 2.45) is 5.73 Å². The number of nitrogens with one attached hydrogen (secondary N) is 1. The topological polar surface area (TPSA) is 93.8 Å². The fraction of sp³-hybridized carbons (Fsp3) is 0.111. The molecule has 0 fully saturated rings. The summed E-state index contributed by atoms with van der Waals surface area (Å²) in [4.78, 5) is 24.8. The molecule has 5 rings (SSSR count). The highest BCUT2D eigenvalue weighted by molar-refractivity contribution is 5.99.